The van der Waals surface area contributed by atoms with Gasteiger partial charge >= 0.3 is 5.69 Å². The van der Waals surface area contributed by atoms with Gasteiger partial charge in [-0.25, -0.2) is 4.79 Å². The summed E-state index contributed by atoms with van der Waals surface area (Å²) in [6, 6.07) is 9.33. The van der Waals surface area contributed by atoms with Gasteiger partial charge in [0.1, 0.15) is 6.26 Å². The van der Waals surface area contributed by atoms with E-state index in [4.69, 9.17) is 9.15 Å². The van der Waals surface area contributed by atoms with E-state index in [1.54, 1.807) is 18.1 Å². The molecule has 1 N–H and O–H groups in total. The average Bonchev–Trinajstić information content (AvgIpc) is 3.46. The third kappa shape index (κ3) is 4.62. The first-order valence-electron chi connectivity index (χ1n) is 10.9. The van der Waals surface area contributed by atoms with Gasteiger partial charge in [-0.2, -0.15) is 0 Å². The third-order valence-electron chi connectivity index (χ3n) is 6.02. The van der Waals surface area contributed by atoms with Crippen LogP contribution in [0.25, 0.3) is 11.0 Å². The molecular weight excluding hydrogens is 412 g/mol. The van der Waals surface area contributed by atoms with Gasteiger partial charge in [-0.1, -0.05) is 12.1 Å². The molecule has 0 atom stereocenters. The minimum atomic E-state index is -0.180. The predicted molar refractivity (Wildman–Crippen MR) is 119 cm³/mol. The molecule has 4 rings (SSSR count). The number of amides is 2. The zero-order valence-corrected chi connectivity index (χ0v) is 18.2. The number of furan rings is 1. The maximum absolute atomic E-state index is 12.8. The van der Waals surface area contributed by atoms with E-state index in [0.717, 1.165) is 23.9 Å². The highest BCUT2D eigenvalue weighted by atomic mass is 16.5. The molecule has 0 saturated carbocycles. The quantitative estimate of drug-likeness (QED) is 0.579. The molecule has 0 aliphatic carbocycles. The fourth-order valence-electron chi connectivity index (χ4n) is 4.28. The zero-order chi connectivity index (χ0) is 22.5. The summed E-state index contributed by atoms with van der Waals surface area (Å²) in [4.78, 5) is 44.3. The zero-order valence-electron chi connectivity index (χ0n) is 18.2. The van der Waals surface area contributed by atoms with Gasteiger partial charge in [-0.15, -0.1) is 0 Å². The Hall–Kier alpha value is -3.33. The molecule has 0 radical (unpaired) electrons. The average molecular weight is 441 g/mol. The van der Waals surface area contributed by atoms with Crippen LogP contribution in [0.2, 0.25) is 0 Å². The molecule has 9 nitrogen and oxygen atoms in total. The van der Waals surface area contributed by atoms with Crippen molar-refractivity contribution in [3.8, 4) is 0 Å². The molecule has 0 bridgehead atoms. The molecule has 2 amide bonds. The molecule has 1 fully saturated rings. The van der Waals surface area contributed by atoms with Crippen LogP contribution in [0.5, 0.6) is 0 Å². The van der Waals surface area contributed by atoms with Crippen LogP contribution in [0.3, 0.4) is 0 Å². The molecule has 2 aromatic heterocycles. The highest BCUT2D eigenvalue weighted by molar-refractivity contribution is 5.94. The van der Waals surface area contributed by atoms with Gasteiger partial charge in [0.15, 0.2) is 0 Å². The Kier molecular flexibility index (Phi) is 6.75. The second-order valence-corrected chi connectivity index (χ2v) is 7.98. The summed E-state index contributed by atoms with van der Waals surface area (Å²) in [5.41, 5.74) is 2.07. The van der Waals surface area contributed by atoms with Gasteiger partial charge in [0.05, 0.1) is 29.5 Å². The van der Waals surface area contributed by atoms with E-state index in [0.29, 0.717) is 38.3 Å². The van der Waals surface area contributed by atoms with E-state index in [1.165, 1.54) is 12.5 Å². The van der Waals surface area contributed by atoms with Crippen LogP contribution in [0.1, 0.15) is 35.7 Å². The lowest BCUT2D eigenvalue weighted by atomic mass is 10.0. The van der Waals surface area contributed by atoms with Crippen LogP contribution in [-0.2, 0) is 9.53 Å². The molecule has 1 aliphatic heterocycles. The number of hydrogen-bond acceptors (Lipinski definition) is 5. The second-order valence-electron chi connectivity index (χ2n) is 7.98. The molecule has 1 saturated heterocycles. The molecule has 0 spiro atoms. The molecular formula is C23H28N4O5. The molecule has 1 aliphatic rings. The number of nitrogens with zero attached hydrogens (tertiary/aromatic N) is 3. The number of methoxy groups -OCH3 is 1. The third-order valence-corrected chi connectivity index (χ3v) is 6.02. The van der Waals surface area contributed by atoms with Crippen molar-refractivity contribution in [3.63, 3.8) is 0 Å². The van der Waals surface area contributed by atoms with Gasteiger partial charge in [-0.3, -0.25) is 14.2 Å². The van der Waals surface area contributed by atoms with E-state index in [2.05, 4.69) is 4.98 Å². The van der Waals surface area contributed by atoms with Crippen molar-refractivity contribution in [1.82, 2.24) is 19.4 Å². The SMILES string of the molecule is COCCN(CCC(=O)N1CCC(n2c(=O)[nH]c3ccccc32)CC1)C(=O)c1ccoc1. The Bertz CT molecular complexity index is 1110. The fraction of sp³-hybridized carbons (Fsp3) is 0.435. The molecule has 3 heterocycles. The number of hydrogen-bond donors (Lipinski definition) is 1. The van der Waals surface area contributed by atoms with Gasteiger partial charge in [0, 0.05) is 45.8 Å². The number of piperidine rings is 1. The first-order valence-corrected chi connectivity index (χ1v) is 10.9. The normalized spacial score (nSPS) is 14.7. The predicted octanol–water partition coefficient (Wildman–Crippen LogP) is 2.26. The number of aromatic amines is 1. The van der Waals surface area contributed by atoms with Gasteiger partial charge < -0.3 is 23.9 Å². The number of H-pyrrole nitrogens is 1. The lowest BCUT2D eigenvalue weighted by Crippen LogP contribution is -2.42. The fourth-order valence-corrected chi connectivity index (χ4v) is 4.28. The molecule has 0 unspecified atom stereocenters. The molecule has 170 valence electrons. The number of benzene rings is 1. The minimum Gasteiger partial charge on any atom is -0.472 e. The summed E-state index contributed by atoms with van der Waals surface area (Å²) in [6.45, 7) is 2.28. The van der Waals surface area contributed by atoms with E-state index in [1.807, 2.05) is 33.7 Å². The Morgan fingerprint density at radius 3 is 2.69 bits per heavy atom. The monoisotopic (exact) mass is 440 g/mol. The lowest BCUT2D eigenvalue weighted by molar-refractivity contribution is -0.132. The lowest BCUT2D eigenvalue weighted by Gasteiger charge is -2.33. The Balaban J connectivity index is 1.34. The molecule has 9 heteroatoms. The molecule has 32 heavy (non-hydrogen) atoms. The van der Waals surface area contributed by atoms with E-state index in [9.17, 15) is 14.4 Å². The van der Waals surface area contributed by atoms with Crippen molar-refractivity contribution in [2.75, 3.05) is 39.9 Å². The highest BCUT2D eigenvalue weighted by Crippen LogP contribution is 2.25. The number of rotatable bonds is 8. The van der Waals surface area contributed by atoms with E-state index >= 15 is 0 Å². The number of carbonyl (C=O) groups excluding carboxylic acids is 2. The van der Waals surface area contributed by atoms with Crippen LogP contribution < -0.4 is 5.69 Å². The molecule has 1 aromatic carbocycles. The minimum absolute atomic E-state index is 0.0112. The second kappa shape index (κ2) is 9.86. The number of aromatic nitrogens is 2. The largest absolute Gasteiger partial charge is 0.472 e. The standard InChI is InChI=1S/C23H28N4O5/c1-31-15-13-26(22(29)17-9-14-32-16-17)12-8-21(28)25-10-6-18(7-11-25)27-20-5-3-2-4-19(20)24-23(27)30/h2-5,9,14,16,18H,6-8,10-13,15H2,1H3,(H,24,30). The van der Waals surface area contributed by atoms with Gasteiger partial charge in [-0.05, 0) is 31.0 Å². The topological polar surface area (TPSA) is 101 Å². The van der Waals surface area contributed by atoms with Crippen LogP contribution in [0, 0.1) is 0 Å². The summed E-state index contributed by atoms with van der Waals surface area (Å²) in [6.07, 6.45) is 4.53. The van der Waals surface area contributed by atoms with E-state index in [-0.39, 0.29) is 30.0 Å². The van der Waals surface area contributed by atoms with Crippen molar-refractivity contribution in [2.45, 2.75) is 25.3 Å². The number of likely N-dealkylation sites (tertiary alicyclic amines) is 1. The van der Waals surface area contributed by atoms with Crippen molar-refractivity contribution in [3.05, 3.63) is 58.9 Å². The Labute approximate surface area is 185 Å². The van der Waals surface area contributed by atoms with Crippen LogP contribution in [-0.4, -0.2) is 71.1 Å². The van der Waals surface area contributed by atoms with Crippen LogP contribution in [0.4, 0.5) is 0 Å². The maximum Gasteiger partial charge on any atom is 0.326 e. The first-order chi connectivity index (χ1) is 15.6. The highest BCUT2D eigenvalue weighted by Gasteiger charge is 2.27. The van der Waals surface area contributed by atoms with Crippen molar-refractivity contribution < 1.29 is 18.7 Å². The summed E-state index contributed by atoms with van der Waals surface area (Å²) in [7, 11) is 1.58. The summed E-state index contributed by atoms with van der Waals surface area (Å²) in [5, 5.41) is 0. The van der Waals surface area contributed by atoms with Crippen molar-refractivity contribution in [1.29, 1.82) is 0 Å². The van der Waals surface area contributed by atoms with Crippen molar-refractivity contribution >= 4 is 22.8 Å². The number of nitrogens with one attached hydrogen (secondary N) is 1. The van der Waals surface area contributed by atoms with Crippen molar-refractivity contribution in [2.24, 2.45) is 0 Å². The number of ether oxygens (including phenoxy) is 1. The molecule has 3 aromatic rings. The Morgan fingerprint density at radius 2 is 1.97 bits per heavy atom. The number of fused-ring (bicyclic) bond motifs is 1. The van der Waals surface area contributed by atoms with E-state index < -0.39 is 0 Å². The smallest absolute Gasteiger partial charge is 0.326 e. The summed E-state index contributed by atoms with van der Waals surface area (Å²) < 4.78 is 11.9. The number of imidazole rings is 1. The Morgan fingerprint density at radius 1 is 1.19 bits per heavy atom. The summed E-state index contributed by atoms with van der Waals surface area (Å²) >= 11 is 0. The maximum atomic E-state index is 12.8. The first kappa shape index (κ1) is 21.9. The number of para-hydroxylation sites is 2. The number of carbonyl (C=O) groups is 2. The van der Waals surface area contributed by atoms with Gasteiger partial charge in [0.2, 0.25) is 5.91 Å². The van der Waals surface area contributed by atoms with Crippen LogP contribution in [0.15, 0.2) is 52.1 Å². The summed E-state index contributed by atoms with van der Waals surface area (Å²) in [5.74, 6) is -0.168. The van der Waals surface area contributed by atoms with Crippen LogP contribution >= 0.6 is 0 Å². The van der Waals surface area contributed by atoms with Gasteiger partial charge in [0.25, 0.3) is 5.91 Å².